The first-order valence-electron chi connectivity index (χ1n) is 8.62. The van der Waals surface area contributed by atoms with Crippen LogP contribution in [0.1, 0.15) is 22.3 Å². The lowest BCUT2D eigenvalue weighted by Gasteiger charge is -2.16. The molecular formula is C22H23ClN2O. The lowest BCUT2D eigenvalue weighted by molar-refractivity contribution is 0.305. The molecule has 3 rings (SSSR count). The van der Waals surface area contributed by atoms with Gasteiger partial charge in [-0.3, -0.25) is 4.98 Å². The molecule has 1 N–H and O–H groups in total. The van der Waals surface area contributed by atoms with Crippen LogP contribution in [0.5, 0.6) is 5.75 Å². The van der Waals surface area contributed by atoms with Crippen molar-refractivity contribution in [2.45, 2.75) is 27.4 Å². The Kier molecular flexibility index (Phi) is 5.48. The van der Waals surface area contributed by atoms with E-state index in [1.54, 1.807) is 6.20 Å². The predicted molar refractivity (Wildman–Crippen MR) is 109 cm³/mol. The Bertz CT molecular complexity index is 920. The van der Waals surface area contributed by atoms with Crippen LogP contribution in [0.2, 0.25) is 5.02 Å². The lowest BCUT2D eigenvalue weighted by atomic mass is 9.98. The third-order valence-electron chi connectivity index (χ3n) is 4.54. The Morgan fingerprint density at radius 1 is 1.00 bits per heavy atom. The number of halogens is 1. The molecular weight excluding hydrogens is 344 g/mol. The maximum Gasteiger partial charge on any atom is 0.145 e. The monoisotopic (exact) mass is 366 g/mol. The zero-order valence-corrected chi connectivity index (χ0v) is 16.3. The molecule has 26 heavy (non-hydrogen) atoms. The number of aromatic nitrogens is 1. The second kappa shape index (κ2) is 7.79. The van der Waals surface area contributed by atoms with E-state index in [1.165, 1.54) is 16.7 Å². The lowest BCUT2D eigenvalue weighted by Crippen LogP contribution is -2.03. The summed E-state index contributed by atoms with van der Waals surface area (Å²) in [5, 5.41) is 3.83. The molecule has 0 fully saturated rings. The van der Waals surface area contributed by atoms with Crippen LogP contribution in [-0.4, -0.2) is 12.0 Å². The molecule has 0 radical (unpaired) electrons. The first kappa shape index (κ1) is 18.3. The van der Waals surface area contributed by atoms with Crippen molar-refractivity contribution in [3.63, 3.8) is 0 Å². The average molecular weight is 367 g/mol. The van der Waals surface area contributed by atoms with Crippen LogP contribution in [-0.2, 0) is 6.61 Å². The summed E-state index contributed by atoms with van der Waals surface area (Å²) in [7, 11) is 1.91. The molecule has 134 valence electrons. The highest BCUT2D eigenvalue weighted by Gasteiger charge is 2.11. The van der Waals surface area contributed by atoms with Crippen LogP contribution < -0.4 is 10.1 Å². The van der Waals surface area contributed by atoms with Gasteiger partial charge in [0, 0.05) is 18.8 Å². The van der Waals surface area contributed by atoms with Crippen molar-refractivity contribution >= 4 is 17.3 Å². The minimum absolute atomic E-state index is 0.528. The van der Waals surface area contributed by atoms with Gasteiger partial charge in [-0.1, -0.05) is 29.8 Å². The predicted octanol–water partition coefficient (Wildman–Crippen LogP) is 5.95. The Morgan fingerprint density at radius 2 is 1.81 bits per heavy atom. The summed E-state index contributed by atoms with van der Waals surface area (Å²) in [4.78, 5) is 4.44. The number of para-hydroxylation sites is 1. The summed E-state index contributed by atoms with van der Waals surface area (Å²) in [5.74, 6) is 0.899. The van der Waals surface area contributed by atoms with E-state index < -0.39 is 0 Å². The van der Waals surface area contributed by atoms with Crippen LogP contribution in [0.15, 0.2) is 48.7 Å². The first-order valence-corrected chi connectivity index (χ1v) is 8.99. The van der Waals surface area contributed by atoms with E-state index in [0.717, 1.165) is 28.3 Å². The molecule has 0 saturated carbocycles. The quantitative estimate of drug-likeness (QED) is 0.606. The van der Waals surface area contributed by atoms with E-state index in [9.17, 15) is 0 Å². The Hall–Kier alpha value is -2.52. The van der Waals surface area contributed by atoms with Crippen LogP contribution in [0.25, 0.3) is 11.3 Å². The Morgan fingerprint density at radius 3 is 2.50 bits per heavy atom. The molecule has 0 atom stereocenters. The maximum absolute atomic E-state index is 6.15. The van der Waals surface area contributed by atoms with Crippen LogP contribution in [0, 0.1) is 20.8 Å². The Balaban J connectivity index is 1.86. The van der Waals surface area contributed by atoms with Crippen molar-refractivity contribution in [2.75, 3.05) is 12.4 Å². The van der Waals surface area contributed by atoms with Gasteiger partial charge in [0.05, 0.1) is 16.4 Å². The van der Waals surface area contributed by atoms with Crippen molar-refractivity contribution in [1.82, 2.24) is 4.98 Å². The number of anilines is 1. The van der Waals surface area contributed by atoms with Gasteiger partial charge in [-0.25, -0.2) is 0 Å². The molecule has 3 aromatic rings. The number of hydrogen-bond donors (Lipinski definition) is 1. The average Bonchev–Trinajstić information content (AvgIpc) is 2.63. The highest BCUT2D eigenvalue weighted by Crippen LogP contribution is 2.30. The van der Waals surface area contributed by atoms with Crippen LogP contribution in [0.3, 0.4) is 0 Å². The molecule has 0 amide bonds. The number of hydrogen-bond acceptors (Lipinski definition) is 3. The fourth-order valence-corrected chi connectivity index (χ4v) is 3.15. The number of ether oxygens (including phenoxy) is 1. The normalized spacial score (nSPS) is 10.7. The van der Waals surface area contributed by atoms with Crippen LogP contribution >= 0.6 is 11.6 Å². The summed E-state index contributed by atoms with van der Waals surface area (Å²) in [6, 6.07) is 14.3. The van der Waals surface area contributed by atoms with Gasteiger partial charge in [0.25, 0.3) is 0 Å². The van der Waals surface area contributed by atoms with Gasteiger partial charge in [0.1, 0.15) is 12.4 Å². The number of pyridine rings is 1. The molecule has 0 aliphatic rings. The second-order valence-corrected chi connectivity index (χ2v) is 6.88. The molecule has 1 aromatic heterocycles. The van der Waals surface area contributed by atoms with Crippen molar-refractivity contribution in [2.24, 2.45) is 0 Å². The number of aryl methyl sites for hydroxylation is 3. The van der Waals surface area contributed by atoms with Gasteiger partial charge in [0.2, 0.25) is 0 Å². The third kappa shape index (κ3) is 3.83. The number of nitrogens with one attached hydrogen (secondary N) is 1. The maximum atomic E-state index is 6.15. The van der Waals surface area contributed by atoms with Crippen LogP contribution in [0.4, 0.5) is 5.69 Å². The van der Waals surface area contributed by atoms with E-state index in [4.69, 9.17) is 16.3 Å². The number of benzene rings is 2. The third-order valence-corrected chi connectivity index (χ3v) is 4.76. The molecule has 1 heterocycles. The highest BCUT2D eigenvalue weighted by atomic mass is 35.5. The molecule has 0 aliphatic heterocycles. The molecule has 0 saturated heterocycles. The second-order valence-electron chi connectivity index (χ2n) is 6.45. The summed E-state index contributed by atoms with van der Waals surface area (Å²) < 4.78 is 6.15. The summed E-state index contributed by atoms with van der Waals surface area (Å²) in [6.07, 6.45) is 1.68. The molecule has 0 spiro atoms. The fourth-order valence-electron chi connectivity index (χ4n) is 3.03. The first-order chi connectivity index (χ1) is 12.5. The van der Waals surface area contributed by atoms with Gasteiger partial charge in [-0.2, -0.15) is 0 Å². The van der Waals surface area contributed by atoms with Gasteiger partial charge < -0.3 is 10.1 Å². The molecule has 2 aromatic carbocycles. The largest absolute Gasteiger partial charge is 0.486 e. The van der Waals surface area contributed by atoms with Gasteiger partial charge >= 0.3 is 0 Å². The van der Waals surface area contributed by atoms with E-state index >= 15 is 0 Å². The van der Waals surface area contributed by atoms with Gasteiger partial charge in [-0.15, -0.1) is 0 Å². The molecule has 4 heteroatoms. The summed E-state index contributed by atoms with van der Waals surface area (Å²) in [5.41, 5.74) is 7.69. The molecule has 0 aliphatic carbocycles. The molecule has 0 unspecified atom stereocenters. The zero-order valence-electron chi connectivity index (χ0n) is 15.6. The highest BCUT2D eigenvalue weighted by molar-refractivity contribution is 6.30. The summed E-state index contributed by atoms with van der Waals surface area (Å²) in [6.45, 7) is 6.79. The smallest absolute Gasteiger partial charge is 0.145 e. The van der Waals surface area contributed by atoms with E-state index in [-0.39, 0.29) is 0 Å². The minimum Gasteiger partial charge on any atom is -0.486 e. The molecule has 3 nitrogen and oxygen atoms in total. The summed E-state index contributed by atoms with van der Waals surface area (Å²) >= 11 is 5.95. The molecule has 0 bridgehead atoms. The standard InChI is InChI=1S/C22H23ClN2O/c1-14-6-5-7-21(24-4)22(14)26-13-17-10-16(3)19(11-15(17)2)20-9-8-18(23)12-25-20/h5-12,24H,13H2,1-4H3. The van der Waals surface area contributed by atoms with Gasteiger partial charge in [-0.05, 0) is 67.3 Å². The van der Waals surface area contributed by atoms with Crippen molar-refractivity contribution in [3.05, 3.63) is 75.9 Å². The minimum atomic E-state index is 0.528. The van der Waals surface area contributed by atoms with Crippen molar-refractivity contribution in [3.8, 4) is 17.0 Å². The SMILES string of the molecule is CNc1cccc(C)c1OCc1cc(C)c(-c2ccc(Cl)cn2)cc1C. The van der Waals surface area contributed by atoms with E-state index in [1.807, 2.05) is 31.3 Å². The van der Waals surface area contributed by atoms with Gasteiger partial charge in [0.15, 0.2) is 0 Å². The van der Waals surface area contributed by atoms with Crippen molar-refractivity contribution in [1.29, 1.82) is 0 Å². The van der Waals surface area contributed by atoms with E-state index in [0.29, 0.717) is 11.6 Å². The zero-order chi connectivity index (χ0) is 18.7. The van der Waals surface area contributed by atoms with Crippen molar-refractivity contribution < 1.29 is 4.74 Å². The number of rotatable bonds is 5. The Labute approximate surface area is 160 Å². The fraction of sp³-hybridized carbons (Fsp3) is 0.227. The number of nitrogens with zero attached hydrogens (tertiary/aromatic N) is 1. The van der Waals surface area contributed by atoms with E-state index in [2.05, 4.69) is 49.3 Å². The topological polar surface area (TPSA) is 34.1 Å².